The highest BCUT2D eigenvalue weighted by atomic mass is 16.1. The van der Waals surface area contributed by atoms with Gasteiger partial charge in [-0.25, -0.2) is 10.1 Å². The van der Waals surface area contributed by atoms with E-state index in [1.54, 1.807) is 0 Å². The number of tetrazole rings is 1. The third-order valence-electron chi connectivity index (χ3n) is 1.32. The average Bonchev–Trinajstić information content (AvgIpc) is 2.57. The fourth-order valence-electron chi connectivity index (χ4n) is 0.786. The molecule has 0 atom stereocenters. The number of aromatic nitrogens is 6. The summed E-state index contributed by atoms with van der Waals surface area (Å²) in [6.45, 7) is 0. The van der Waals surface area contributed by atoms with Crippen LogP contribution < -0.4 is 5.56 Å². The van der Waals surface area contributed by atoms with Crippen molar-refractivity contribution < 1.29 is 0 Å². The van der Waals surface area contributed by atoms with E-state index in [-0.39, 0.29) is 5.56 Å². The summed E-state index contributed by atoms with van der Waals surface area (Å²) in [4.78, 5) is 17.2. The molecule has 0 aliphatic rings. The molecule has 0 saturated carbocycles. The third kappa shape index (κ3) is 0.965. The first-order chi connectivity index (χ1) is 5.88. The molecule has 2 rings (SSSR count). The molecule has 7 nitrogen and oxygen atoms in total. The lowest BCUT2D eigenvalue weighted by atomic mass is 10.3. The van der Waals surface area contributed by atoms with E-state index in [1.165, 1.54) is 12.5 Å². The lowest BCUT2D eigenvalue weighted by Crippen LogP contribution is -2.09. The second-order valence-corrected chi connectivity index (χ2v) is 2.04. The molecule has 12 heavy (non-hydrogen) atoms. The van der Waals surface area contributed by atoms with Gasteiger partial charge < -0.3 is 4.98 Å². The van der Waals surface area contributed by atoms with Crippen molar-refractivity contribution in [2.45, 2.75) is 0 Å². The van der Waals surface area contributed by atoms with Crippen molar-refractivity contribution in [2.24, 2.45) is 0 Å². The second kappa shape index (κ2) is 2.53. The fourth-order valence-corrected chi connectivity index (χ4v) is 0.786. The van der Waals surface area contributed by atoms with Crippen LogP contribution in [0.3, 0.4) is 0 Å². The number of hydrogen-bond donors (Lipinski definition) is 2. The lowest BCUT2D eigenvalue weighted by molar-refractivity contribution is 0.881. The monoisotopic (exact) mass is 164 g/mol. The van der Waals surface area contributed by atoms with Crippen LogP contribution in [-0.4, -0.2) is 30.6 Å². The number of hydrogen-bond acceptors (Lipinski definition) is 5. The van der Waals surface area contributed by atoms with Crippen molar-refractivity contribution >= 4 is 0 Å². The van der Waals surface area contributed by atoms with Gasteiger partial charge in [-0.2, -0.15) is 0 Å². The Bertz CT molecular complexity index is 418. The maximum atomic E-state index is 11.1. The molecule has 7 heteroatoms. The summed E-state index contributed by atoms with van der Waals surface area (Å²) >= 11 is 0. The highest BCUT2D eigenvalue weighted by molar-refractivity contribution is 5.49. The zero-order chi connectivity index (χ0) is 8.39. The standard InChI is InChI=1S/C5H4N6O/c12-5-3(1-6-2-7-5)4-8-10-11-9-4/h1-2H,(H,6,7,12)(H,8,9,10,11). The minimum Gasteiger partial charge on any atom is -0.313 e. The van der Waals surface area contributed by atoms with E-state index in [0.29, 0.717) is 11.4 Å². The van der Waals surface area contributed by atoms with Crippen LogP contribution in [0, 0.1) is 0 Å². The van der Waals surface area contributed by atoms with E-state index in [1.807, 2.05) is 0 Å². The fraction of sp³-hybridized carbons (Fsp3) is 0. The van der Waals surface area contributed by atoms with Gasteiger partial charge in [0.1, 0.15) is 5.56 Å². The molecule has 2 aromatic rings. The number of rotatable bonds is 1. The number of nitrogens with one attached hydrogen (secondary N) is 2. The Balaban J connectivity index is 2.63. The molecule has 0 aliphatic carbocycles. The van der Waals surface area contributed by atoms with E-state index < -0.39 is 0 Å². The largest absolute Gasteiger partial charge is 0.313 e. The summed E-state index contributed by atoms with van der Waals surface area (Å²) in [7, 11) is 0. The molecule has 2 aromatic heterocycles. The van der Waals surface area contributed by atoms with Crippen molar-refractivity contribution in [1.82, 2.24) is 30.6 Å². The van der Waals surface area contributed by atoms with Gasteiger partial charge in [-0.3, -0.25) is 4.79 Å². The Morgan fingerprint density at radius 2 is 2.33 bits per heavy atom. The molecule has 2 heterocycles. The minimum atomic E-state index is -0.274. The second-order valence-electron chi connectivity index (χ2n) is 2.04. The van der Waals surface area contributed by atoms with Gasteiger partial charge in [0.25, 0.3) is 5.56 Å². The quantitative estimate of drug-likeness (QED) is 0.560. The van der Waals surface area contributed by atoms with E-state index >= 15 is 0 Å². The first-order valence-electron chi connectivity index (χ1n) is 3.15. The molecule has 0 fully saturated rings. The summed E-state index contributed by atoms with van der Waals surface area (Å²) in [6.07, 6.45) is 2.69. The minimum absolute atomic E-state index is 0.274. The highest BCUT2D eigenvalue weighted by Crippen LogP contribution is 2.02. The van der Waals surface area contributed by atoms with Gasteiger partial charge in [-0.15, -0.1) is 5.10 Å². The molecule has 0 radical (unpaired) electrons. The molecule has 0 aliphatic heterocycles. The maximum absolute atomic E-state index is 11.1. The van der Waals surface area contributed by atoms with Crippen LogP contribution in [0.2, 0.25) is 0 Å². The smallest absolute Gasteiger partial charge is 0.261 e. The van der Waals surface area contributed by atoms with Crippen molar-refractivity contribution in [3.05, 3.63) is 22.9 Å². The molecule has 60 valence electrons. The van der Waals surface area contributed by atoms with Crippen LogP contribution in [0.1, 0.15) is 0 Å². The molecule has 2 N–H and O–H groups in total. The molecule has 0 saturated heterocycles. The molecule has 0 aromatic carbocycles. The Labute approximate surface area is 65.9 Å². The SMILES string of the molecule is O=c1[nH]cncc1-c1nnn[nH]1. The van der Waals surface area contributed by atoms with E-state index in [4.69, 9.17) is 0 Å². The van der Waals surface area contributed by atoms with Gasteiger partial charge in [-0.05, 0) is 10.4 Å². The zero-order valence-corrected chi connectivity index (χ0v) is 5.85. The normalized spacial score (nSPS) is 10.0. The first kappa shape index (κ1) is 6.65. The predicted octanol–water partition coefficient (Wildman–Crippen LogP) is -1.05. The average molecular weight is 164 g/mol. The number of aromatic amines is 2. The summed E-state index contributed by atoms with van der Waals surface area (Å²) in [5, 5.41) is 12.7. The van der Waals surface area contributed by atoms with Crippen molar-refractivity contribution in [2.75, 3.05) is 0 Å². The van der Waals surface area contributed by atoms with Crippen molar-refractivity contribution in [3.8, 4) is 11.4 Å². The van der Waals surface area contributed by atoms with Crippen molar-refractivity contribution in [3.63, 3.8) is 0 Å². The van der Waals surface area contributed by atoms with Gasteiger partial charge in [0.05, 0.1) is 6.33 Å². The molecule has 0 amide bonds. The zero-order valence-electron chi connectivity index (χ0n) is 5.85. The predicted molar refractivity (Wildman–Crippen MR) is 38.0 cm³/mol. The highest BCUT2D eigenvalue weighted by Gasteiger charge is 2.05. The van der Waals surface area contributed by atoms with E-state index in [0.717, 1.165) is 0 Å². The number of H-pyrrole nitrogens is 2. The number of nitrogens with zero attached hydrogens (tertiary/aromatic N) is 4. The summed E-state index contributed by atoms with van der Waals surface area (Å²) < 4.78 is 0. The van der Waals surface area contributed by atoms with Gasteiger partial charge in [0, 0.05) is 6.20 Å². The Morgan fingerprint density at radius 1 is 1.42 bits per heavy atom. The molecule has 0 unspecified atom stereocenters. The van der Waals surface area contributed by atoms with Crippen LogP contribution >= 0.6 is 0 Å². The van der Waals surface area contributed by atoms with Crippen LogP contribution in [-0.2, 0) is 0 Å². The summed E-state index contributed by atoms with van der Waals surface area (Å²) in [5.74, 6) is 0.310. The molecular weight excluding hydrogens is 160 g/mol. The first-order valence-corrected chi connectivity index (χ1v) is 3.15. The van der Waals surface area contributed by atoms with Crippen LogP contribution in [0.4, 0.5) is 0 Å². The molecular formula is C5H4N6O. The Kier molecular flexibility index (Phi) is 1.40. The molecule has 0 bridgehead atoms. The van der Waals surface area contributed by atoms with Crippen LogP contribution in [0.5, 0.6) is 0 Å². The molecule has 0 spiro atoms. The lowest BCUT2D eigenvalue weighted by Gasteiger charge is -1.89. The van der Waals surface area contributed by atoms with Gasteiger partial charge in [0.2, 0.25) is 0 Å². The Morgan fingerprint density at radius 3 is 3.00 bits per heavy atom. The topological polar surface area (TPSA) is 100 Å². The van der Waals surface area contributed by atoms with Gasteiger partial charge >= 0.3 is 0 Å². The van der Waals surface area contributed by atoms with Gasteiger partial charge in [0.15, 0.2) is 5.82 Å². The summed E-state index contributed by atoms with van der Waals surface area (Å²) in [6, 6.07) is 0. The van der Waals surface area contributed by atoms with E-state index in [2.05, 4.69) is 30.6 Å². The van der Waals surface area contributed by atoms with Crippen molar-refractivity contribution in [1.29, 1.82) is 0 Å². The Hall–Kier alpha value is -2.05. The van der Waals surface area contributed by atoms with Crippen LogP contribution in [0.25, 0.3) is 11.4 Å². The van der Waals surface area contributed by atoms with E-state index in [9.17, 15) is 4.79 Å². The van der Waals surface area contributed by atoms with Gasteiger partial charge in [-0.1, -0.05) is 0 Å². The third-order valence-corrected chi connectivity index (χ3v) is 1.32. The van der Waals surface area contributed by atoms with Crippen LogP contribution in [0.15, 0.2) is 17.3 Å². The summed E-state index contributed by atoms with van der Waals surface area (Å²) in [5.41, 5.74) is 0.0473. The maximum Gasteiger partial charge on any atom is 0.261 e.